The summed E-state index contributed by atoms with van der Waals surface area (Å²) in [5.74, 6) is -0.624. The van der Waals surface area contributed by atoms with E-state index < -0.39 is 11.6 Å². The lowest BCUT2D eigenvalue weighted by atomic mass is 9.98. The van der Waals surface area contributed by atoms with Crippen molar-refractivity contribution in [2.24, 2.45) is 0 Å². The van der Waals surface area contributed by atoms with E-state index in [2.05, 4.69) is 14.9 Å². The molecule has 0 saturated heterocycles. The van der Waals surface area contributed by atoms with Crippen molar-refractivity contribution in [1.29, 1.82) is 0 Å². The van der Waals surface area contributed by atoms with Crippen LogP contribution >= 0.6 is 11.5 Å². The van der Waals surface area contributed by atoms with Gasteiger partial charge in [-0.25, -0.2) is 0 Å². The second-order valence-electron chi connectivity index (χ2n) is 8.31. The number of amides is 2. The Morgan fingerprint density at radius 3 is 2.40 bits per heavy atom. The molecule has 1 N–H and O–H groups in total. The lowest BCUT2D eigenvalue weighted by Gasteiger charge is -2.34. The maximum atomic E-state index is 13.6. The smallest absolute Gasteiger partial charge is 0.280 e. The number of aryl methyl sites for hydroxylation is 2. The van der Waals surface area contributed by atoms with Gasteiger partial charge in [0, 0.05) is 16.6 Å². The summed E-state index contributed by atoms with van der Waals surface area (Å²) in [6, 6.07) is 14.3. The Hall–Kier alpha value is -3.06. The maximum Gasteiger partial charge on any atom is 0.280 e. The molecule has 3 aromatic rings. The summed E-state index contributed by atoms with van der Waals surface area (Å²) in [5, 5.41) is 8.61. The van der Waals surface area contributed by atoms with Crippen molar-refractivity contribution in [2.75, 3.05) is 4.90 Å². The van der Waals surface area contributed by atoms with Crippen molar-refractivity contribution in [3.63, 3.8) is 0 Å². The minimum Gasteiger partial charge on any atom is -0.349 e. The Morgan fingerprint density at radius 1 is 1.07 bits per heavy atom. The molecule has 0 spiro atoms. The van der Waals surface area contributed by atoms with Crippen molar-refractivity contribution in [2.45, 2.75) is 46.2 Å². The van der Waals surface area contributed by atoms with Gasteiger partial charge in [-0.05, 0) is 63.3 Å². The molecule has 0 radical (unpaired) electrons. The predicted molar refractivity (Wildman–Crippen MR) is 120 cm³/mol. The van der Waals surface area contributed by atoms with Crippen LogP contribution in [0.4, 0.5) is 5.69 Å². The van der Waals surface area contributed by atoms with Crippen molar-refractivity contribution < 1.29 is 9.59 Å². The third-order valence-electron chi connectivity index (χ3n) is 4.54. The standard InChI is InChI=1S/C23H26N4O2S/c1-15-9-8-11-17(13-15)20(21(28)24-23(3,4)5)27(19-12-7-6-10-16(19)2)22(29)18-14-30-26-25-18/h6-14,20H,1-5H3,(H,24,28). The van der Waals surface area contributed by atoms with Crippen LogP contribution in [0.2, 0.25) is 0 Å². The molecule has 30 heavy (non-hydrogen) atoms. The molecule has 0 aliphatic heterocycles. The molecule has 2 aromatic carbocycles. The van der Waals surface area contributed by atoms with Gasteiger partial charge in [0.25, 0.3) is 5.91 Å². The number of nitrogens with zero attached hydrogens (tertiary/aromatic N) is 3. The molecule has 1 heterocycles. The molecule has 0 aliphatic carbocycles. The van der Waals surface area contributed by atoms with Crippen LogP contribution in [-0.2, 0) is 4.79 Å². The molecule has 1 atom stereocenters. The molecule has 0 bridgehead atoms. The highest BCUT2D eigenvalue weighted by atomic mass is 32.1. The summed E-state index contributed by atoms with van der Waals surface area (Å²) in [6.45, 7) is 9.64. The summed E-state index contributed by atoms with van der Waals surface area (Å²) in [4.78, 5) is 28.6. The number of aromatic nitrogens is 2. The van der Waals surface area contributed by atoms with Crippen LogP contribution in [-0.4, -0.2) is 26.9 Å². The number of hydrogen-bond donors (Lipinski definition) is 1. The summed E-state index contributed by atoms with van der Waals surface area (Å²) in [5.41, 5.74) is 3.04. The van der Waals surface area contributed by atoms with Crippen molar-refractivity contribution in [3.8, 4) is 0 Å². The number of carbonyl (C=O) groups excluding carboxylic acids is 2. The van der Waals surface area contributed by atoms with E-state index in [1.807, 2.05) is 83.1 Å². The molecule has 3 rings (SSSR count). The Balaban J connectivity index is 2.21. The van der Waals surface area contributed by atoms with E-state index in [0.29, 0.717) is 5.69 Å². The first-order valence-corrected chi connectivity index (χ1v) is 10.6. The van der Waals surface area contributed by atoms with Gasteiger partial charge in [0.15, 0.2) is 5.69 Å². The molecular weight excluding hydrogens is 396 g/mol. The molecular formula is C23H26N4O2S. The Bertz CT molecular complexity index is 1040. The summed E-state index contributed by atoms with van der Waals surface area (Å²) >= 11 is 1.10. The largest absolute Gasteiger partial charge is 0.349 e. The van der Waals surface area contributed by atoms with E-state index in [-0.39, 0.29) is 17.5 Å². The number of para-hydroxylation sites is 1. The highest BCUT2D eigenvalue weighted by Crippen LogP contribution is 2.32. The molecule has 0 aliphatic rings. The highest BCUT2D eigenvalue weighted by Gasteiger charge is 2.36. The van der Waals surface area contributed by atoms with Crippen LogP contribution in [0.15, 0.2) is 53.9 Å². The summed E-state index contributed by atoms with van der Waals surface area (Å²) in [6.07, 6.45) is 0. The third-order valence-corrected chi connectivity index (χ3v) is 5.04. The lowest BCUT2D eigenvalue weighted by molar-refractivity contribution is -0.123. The van der Waals surface area contributed by atoms with Gasteiger partial charge in [0.05, 0.1) is 0 Å². The zero-order valence-electron chi connectivity index (χ0n) is 17.8. The van der Waals surface area contributed by atoms with Gasteiger partial charge in [0.2, 0.25) is 5.91 Å². The van der Waals surface area contributed by atoms with Crippen LogP contribution in [0.25, 0.3) is 0 Å². The first-order chi connectivity index (χ1) is 14.2. The van der Waals surface area contributed by atoms with Crippen LogP contribution in [0.1, 0.15) is 54.0 Å². The zero-order valence-corrected chi connectivity index (χ0v) is 18.7. The number of nitrogens with one attached hydrogen (secondary N) is 1. The van der Waals surface area contributed by atoms with Crippen molar-refractivity contribution in [3.05, 3.63) is 76.3 Å². The van der Waals surface area contributed by atoms with Gasteiger partial charge in [-0.1, -0.05) is 52.5 Å². The van der Waals surface area contributed by atoms with Crippen molar-refractivity contribution in [1.82, 2.24) is 14.9 Å². The highest BCUT2D eigenvalue weighted by molar-refractivity contribution is 7.03. The van der Waals surface area contributed by atoms with Gasteiger partial charge in [0.1, 0.15) is 6.04 Å². The van der Waals surface area contributed by atoms with Gasteiger partial charge in [-0.3, -0.25) is 14.5 Å². The fraction of sp³-hybridized carbons (Fsp3) is 0.304. The number of hydrogen-bond acceptors (Lipinski definition) is 5. The van der Waals surface area contributed by atoms with E-state index in [1.165, 1.54) is 4.90 Å². The average molecular weight is 423 g/mol. The maximum absolute atomic E-state index is 13.6. The van der Waals surface area contributed by atoms with E-state index in [0.717, 1.165) is 28.2 Å². The minimum atomic E-state index is -0.862. The summed E-state index contributed by atoms with van der Waals surface area (Å²) < 4.78 is 3.84. The second kappa shape index (κ2) is 8.75. The third kappa shape index (κ3) is 4.91. The topological polar surface area (TPSA) is 75.2 Å². The Kier molecular flexibility index (Phi) is 6.31. The Labute approximate surface area is 181 Å². The molecule has 1 unspecified atom stereocenters. The number of benzene rings is 2. The zero-order chi connectivity index (χ0) is 21.9. The monoisotopic (exact) mass is 422 g/mol. The Morgan fingerprint density at radius 2 is 1.80 bits per heavy atom. The fourth-order valence-corrected chi connectivity index (χ4v) is 3.71. The van der Waals surface area contributed by atoms with E-state index in [9.17, 15) is 9.59 Å². The van der Waals surface area contributed by atoms with Crippen LogP contribution in [0.5, 0.6) is 0 Å². The fourth-order valence-electron chi connectivity index (χ4n) is 3.28. The first-order valence-electron chi connectivity index (χ1n) is 9.72. The van der Waals surface area contributed by atoms with Crippen LogP contribution in [0, 0.1) is 13.8 Å². The number of anilines is 1. The quantitative estimate of drug-likeness (QED) is 0.659. The van der Waals surface area contributed by atoms with Crippen LogP contribution in [0.3, 0.4) is 0 Å². The van der Waals surface area contributed by atoms with Gasteiger partial charge < -0.3 is 5.32 Å². The SMILES string of the molecule is Cc1cccc(C(C(=O)NC(C)(C)C)N(C(=O)c2csnn2)c2ccccc2C)c1. The molecule has 6 nitrogen and oxygen atoms in total. The van der Waals surface area contributed by atoms with Gasteiger partial charge in [-0.2, -0.15) is 0 Å². The number of rotatable bonds is 5. The molecule has 156 valence electrons. The molecule has 2 amide bonds. The second-order valence-corrected chi connectivity index (χ2v) is 8.92. The first kappa shape index (κ1) is 21.6. The van der Waals surface area contributed by atoms with E-state index in [1.54, 1.807) is 5.38 Å². The van der Waals surface area contributed by atoms with Gasteiger partial charge >= 0.3 is 0 Å². The predicted octanol–water partition coefficient (Wildman–Crippen LogP) is 4.46. The van der Waals surface area contributed by atoms with Gasteiger partial charge in [-0.15, -0.1) is 5.10 Å². The molecule has 0 fully saturated rings. The molecule has 1 aromatic heterocycles. The number of carbonyl (C=O) groups is 2. The molecule has 7 heteroatoms. The summed E-state index contributed by atoms with van der Waals surface area (Å²) in [7, 11) is 0. The van der Waals surface area contributed by atoms with E-state index in [4.69, 9.17) is 0 Å². The molecule has 0 saturated carbocycles. The van der Waals surface area contributed by atoms with Crippen LogP contribution < -0.4 is 10.2 Å². The minimum absolute atomic E-state index is 0.212. The van der Waals surface area contributed by atoms with E-state index >= 15 is 0 Å². The van der Waals surface area contributed by atoms with Crippen molar-refractivity contribution >= 4 is 29.0 Å². The average Bonchev–Trinajstić information content (AvgIpc) is 3.19. The lowest BCUT2D eigenvalue weighted by Crippen LogP contribution is -2.49. The normalized spacial score (nSPS) is 12.3.